The Balaban J connectivity index is 0.00000112. The van der Waals surface area contributed by atoms with Crippen LogP contribution in [-0.4, -0.2) is 31.1 Å². The van der Waals surface area contributed by atoms with Crippen LogP contribution in [0.3, 0.4) is 0 Å². The van der Waals surface area contributed by atoms with E-state index in [4.69, 9.17) is 4.42 Å². The molecule has 0 bridgehead atoms. The first-order chi connectivity index (χ1) is 6.77. The molecule has 1 aliphatic rings. The summed E-state index contributed by atoms with van der Waals surface area (Å²) < 4.78 is 6.37. The van der Waals surface area contributed by atoms with Crippen LogP contribution in [-0.2, 0) is 0 Å². The molecule has 0 aliphatic carbocycles. The molecule has 1 N–H and O–H groups in total. The van der Waals surface area contributed by atoms with Crippen molar-refractivity contribution in [2.75, 3.05) is 26.2 Å². The predicted molar refractivity (Wildman–Crippen MR) is 73.8 cm³/mol. The van der Waals surface area contributed by atoms with E-state index >= 15 is 0 Å². The summed E-state index contributed by atoms with van der Waals surface area (Å²) in [4.78, 5) is 2.43. The van der Waals surface area contributed by atoms with E-state index in [9.17, 15) is 0 Å². The molecule has 1 aliphatic heterocycles. The van der Waals surface area contributed by atoms with E-state index in [1.54, 1.807) is 0 Å². The van der Waals surface area contributed by atoms with Crippen molar-refractivity contribution in [1.82, 2.24) is 10.2 Å². The SMILES string of the molecule is C[C@H](c1ccc(Br)o1)N1CCNCC1.Cl.Cl. The molecule has 6 heteroatoms. The molecule has 0 unspecified atom stereocenters. The van der Waals surface area contributed by atoms with E-state index in [0.29, 0.717) is 6.04 Å². The third-order valence-corrected chi connectivity index (χ3v) is 3.13. The van der Waals surface area contributed by atoms with Gasteiger partial charge in [0.25, 0.3) is 0 Å². The molecule has 94 valence electrons. The normalized spacial score (nSPS) is 18.4. The molecule has 3 nitrogen and oxygen atoms in total. The number of nitrogens with zero attached hydrogens (tertiary/aromatic N) is 1. The van der Waals surface area contributed by atoms with Gasteiger partial charge in [-0.1, -0.05) is 0 Å². The monoisotopic (exact) mass is 330 g/mol. The van der Waals surface area contributed by atoms with Crippen molar-refractivity contribution in [3.8, 4) is 0 Å². The highest BCUT2D eigenvalue weighted by Gasteiger charge is 2.20. The van der Waals surface area contributed by atoms with Crippen molar-refractivity contribution in [3.63, 3.8) is 0 Å². The third-order valence-electron chi connectivity index (χ3n) is 2.71. The largest absolute Gasteiger partial charge is 0.453 e. The van der Waals surface area contributed by atoms with Gasteiger partial charge in [0.15, 0.2) is 4.67 Å². The van der Waals surface area contributed by atoms with Gasteiger partial charge in [-0.15, -0.1) is 24.8 Å². The molecule has 1 atom stereocenters. The van der Waals surface area contributed by atoms with Gasteiger partial charge in [0.05, 0.1) is 6.04 Å². The summed E-state index contributed by atoms with van der Waals surface area (Å²) in [6.45, 7) is 6.54. The van der Waals surface area contributed by atoms with Crippen LogP contribution in [0.4, 0.5) is 0 Å². The van der Waals surface area contributed by atoms with Crippen LogP contribution in [0.2, 0.25) is 0 Å². The van der Waals surface area contributed by atoms with Gasteiger partial charge in [-0.3, -0.25) is 4.90 Å². The molecular formula is C10H17BrCl2N2O. The summed E-state index contributed by atoms with van der Waals surface area (Å²) >= 11 is 3.33. The summed E-state index contributed by atoms with van der Waals surface area (Å²) in [6.07, 6.45) is 0. The molecule has 1 saturated heterocycles. The zero-order chi connectivity index (χ0) is 9.97. The van der Waals surface area contributed by atoms with Gasteiger partial charge in [-0.2, -0.15) is 0 Å². The zero-order valence-corrected chi connectivity index (χ0v) is 12.3. The van der Waals surface area contributed by atoms with Crippen molar-refractivity contribution >= 4 is 40.7 Å². The Morgan fingerprint density at radius 1 is 1.31 bits per heavy atom. The Bertz CT molecular complexity index is 303. The number of furan rings is 1. The number of rotatable bonds is 2. The Hall–Kier alpha value is 0.260. The minimum Gasteiger partial charge on any atom is -0.453 e. The summed E-state index contributed by atoms with van der Waals surface area (Å²) in [5.74, 6) is 1.04. The van der Waals surface area contributed by atoms with Gasteiger partial charge in [0.1, 0.15) is 5.76 Å². The first kappa shape index (κ1) is 16.3. The fourth-order valence-corrected chi connectivity index (χ4v) is 2.12. The van der Waals surface area contributed by atoms with Crippen molar-refractivity contribution in [3.05, 3.63) is 22.6 Å². The zero-order valence-electron chi connectivity index (χ0n) is 9.11. The molecule has 0 radical (unpaired) electrons. The standard InChI is InChI=1S/C10H15BrN2O.2ClH/c1-8(9-2-3-10(11)14-9)13-6-4-12-5-7-13;;/h2-3,8,12H,4-7H2,1H3;2*1H/t8-;;/m1../s1. The molecular weight excluding hydrogens is 315 g/mol. The first-order valence-electron chi connectivity index (χ1n) is 4.97. The predicted octanol–water partition coefficient (Wildman–Crippen LogP) is 2.85. The first-order valence-corrected chi connectivity index (χ1v) is 5.76. The van der Waals surface area contributed by atoms with Gasteiger partial charge in [-0.05, 0) is 35.0 Å². The average Bonchev–Trinajstić information content (AvgIpc) is 2.65. The second kappa shape index (κ2) is 7.56. The van der Waals surface area contributed by atoms with Crippen LogP contribution < -0.4 is 5.32 Å². The molecule has 1 fully saturated rings. The molecule has 1 aromatic rings. The van der Waals surface area contributed by atoms with Gasteiger partial charge >= 0.3 is 0 Å². The van der Waals surface area contributed by atoms with E-state index in [-0.39, 0.29) is 24.8 Å². The summed E-state index contributed by atoms with van der Waals surface area (Å²) in [5.41, 5.74) is 0. The molecule has 2 rings (SSSR count). The number of halogens is 3. The van der Waals surface area contributed by atoms with Crippen molar-refractivity contribution in [2.24, 2.45) is 0 Å². The second-order valence-electron chi connectivity index (χ2n) is 3.60. The van der Waals surface area contributed by atoms with E-state index in [2.05, 4.69) is 33.1 Å². The molecule has 0 amide bonds. The van der Waals surface area contributed by atoms with Crippen LogP contribution in [0.1, 0.15) is 18.7 Å². The molecule has 2 heterocycles. The highest BCUT2D eigenvalue weighted by Crippen LogP contribution is 2.24. The van der Waals surface area contributed by atoms with Crippen LogP contribution in [0.15, 0.2) is 21.2 Å². The van der Waals surface area contributed by atoms with Crippen LogP contribution in [0.25, 0.3) is 0 Å². The summed E-state index contributed by atoms with van der Waals surface area (Å²) in [5, 5.41) is 3.34. The number of nitrogens with one attached hydrogen (secondary N) is 1. The lowest BCUT2D eigenvalue weighted by Gasteiger charge is -2.31. The molecule has 16 heavy (non-hydrogen) atoms. The Labute approximate surface area is 117 Å². The highest BCUT2D eigenvalue weighted by atomic mass is 79.9. The van der Waals surface area contributed by atoms with Crippen molar-refractivity contribution in [2.45, 2.75) is 13.0 Å². The number of hydrogen-bond donors (Lipinski definition) is 1. The van der Waals surface area contributed by atoms with Gasteiger partial charge in [0, 0.05) is 26.2 Å². The molecule has 0 spiro atoms. The topological polar surface area (TPSA) is 28.4 Å². The average molecular weight is 332 g/mol. The van der Waals surface area contributed by atoms with E-state index in [1.807, 2.05) is 12.1 Å². The molecule has 1 aromatic heterocycles. The maximum atomic E-state index is 5.55. The minimum absolute atomic E-state index is 0. The number of piperazine rings is 1. The molecule has 0 saturated carbocycles. The van der Waals surface area contributed by atoms with Gasteiger partial charge < -0.3 is 9.73 Å². The third kappa shape index (κ3) is 3.93. The number of hydrogen-bond acceptors (Lipinski definition) is 3. The van der Waals surface area contributed by atoms with E-state index in [1.165, 1.54) is 0 Å². The van der Waals surface area contributed by atoms with Crippen molar-refractivity contribution in [1.29, 1.82) is 0 Å². The lowest BCUT2D eigenvalue weighted by Crippen LogP contribution is -2.44. The minimum atomic E-state index is 0. The summed E-state index contributed by atoms with van der Waals surface area (Å²) in [6, 6.07) is 4.37. The second-order valence-corrected chi connectivity index (χ2v) is 4.39. The quantitative estimate of drug-likeness (QED) is 0.903. The highest BCUT2D eigenvalue weighted by molar-refractivity contribution is 9.10. The fraction of sp³-hybridized carbons (Fsp3) is 0.600. The van der Waals surface area contributed by atoms with Crippen LogP contribution in [0.5, 0.6) is 0 Å². The lowest BCUT2D eigenvalue weighted by atomic mass is 10.2. The van der Waals surface area contributed by atoms with Crippen LogP contribution >= 0.6 is 40.7 Å². The lowest BCUT2D eigenvalue weighted by molar-refractivity contribution is 0.166. The smallest absolute Gasteiger partial charge is 0.169 e. The Morgan fingerprint density at radius 2 is 1.94 bits per heavy atom. The van der Waals surface area contributed by atoms with Crippen LogP contribution in [0, 0.1) is 0 Å². The van der Waals surface area contributed by atoms with E-state index in [0.717, 1.165) is 36.6 Å². The van der Waals surface area contributed by atoms with E-state index < -0.39 is 0 Å². The maximum absolute atomic E-state index is 5.55. The fourth-order valence-electron chi connectivity index (χ4n) is 1.80. The molecule has 0 aromatic carbocycles. The Kier molecular flexibility index (Phi) is 7.68. The van der Waals surface area contributed by atoms with Gasteiger partial charge in [-0.25, -0.2) is 0 Å². The summed E-state index contributed by atoms with van der Waals surface area (Å²) in [7, 11) is 0. The van der Waals surface area contributed by atoms with Crippen molar-refractivity contribution < 1.29 is 4.42 Å². The Morgan fingerprint density at radius 3 is 2.44 bits per heavy atom. The maximum Gasteiger partial charge on any atom is 0.169 e. The van der Waals surface area contributed by atoms with Gasteiger partial charge in [0.2, 0.25) is 0 Å².